The summed E-state index contributed by atoms with van der Waals surface area (Å²) in [6, 6.07) is 74.7. The topological polar surface area (TPSA) is 8.17 Å². The molecule has 0 amide bonds. The number of para-hydroxylation sites is 2. The first-order valence-corrected chi connectivity index (χ1v) is 19.9. The highest BCUT2D eigenvalue weighted by Gasteiger charge is 2.43. The Bertz CT molecular complexity index is 3420. The van der Waals surface area contributed by atoms with Crippen LogP contribution >= 0.6 is 0 Å². The Kier molecular flexibility index (Phi) is 6.28. The average molecular weight is 721 g/mol. The minimum atomic E-state index is -0.0371. The fourth-order valence-corrected chi connectivity index (χ4v) is 10.2. The molecule has 2 aliphatic heterocycles. The van der Waals surface area contributed by atoms with Gasteiger partial charge in [0.2, 0.25) is 0 Å². The van der Waals surface area contributed by atoms with E-state index in [1.807, 2.05) is 0 Å². The number of hydrogen-bond donors (Lipinski definition) is 0. The number of aromatic nitrogens is 1. The fraction of sp³-hybridized carbons (Fsp3) is 0. The number of hydrogen-bond acceptors (Lipinski definition) is 1. The molecule has 13 rings (SSSR count). The van der Waals surface area contributed by atoms with Crippen molar-refractivity contribution >= 4 is 89.0 Å². The van der Waals surface area contributed by atoms with Crippen molar-refractivity contribution in [2.45, 2.75) is 0 Å². The molecule has 0 N–H and O–H groups in total. The summed E-state index contributed by atoms with van der Waals surface area (Å²) in [6.07, 6.45) is 0. The van der Waals surface area contributed by atoms with E-state index >= 15 is 0 Å². The van der Waals surface area contributed by atoms with Crippen molar-refractivity contribution in [2.75, 3.05) is 4.90 Å². The Morgan fingerprint density at radius 3 is 1.67 bits per heavy atom. The van der Waals surface area contributed by atoms with Crippen molar-refractivity contribution in [1.82, 2.24) is 4.48 Å². The molecule has 0 saturated heterocycles. The van der Waals surface area contributed by atoms with Crippen LogP contribution in [0.25, 0.3) is 87.5 Å². The van der Waals surface area contributed by atoms with Crippen LogP contribution in [-0.4, -0.2) is 11.3 Å². The molecule has 2 nitrogen and oxygen atoms in total. The first-order valence-electron chi connectivity index (χ1n) is 19.9. The van der Waals surface area contributed by atoms with E-state index in [1.54, 1.807) is 0 Å². The van der Waals surface area contributed by atoms with Crippen molar-refractivity contribution in [3.8, 4) is 33.4 Å². The second-order valence-electron chi connectivity index (χ2n) is 15.7. The van der Waals surface area contributed by atoms with E-state index in [4.69, 9.17) is 0 Å². The summed E-state index contributed by atoms with van der Waals surface area (Å²) in [4.78, 5) is 2.58. The Hall–Kier alpha value is -7.36. The highest BCUT2D eigenvalue weighted by Crippen LogP contribution is 2.49. The Labute approximate surface area is 330 Å². The lowest BCUT2D eigenvalue weighted by molar-refractivity contribution is 1.26. The number of fused-ring (bicyclic) bond motifs is 11. The molecule has 3 heterocycles. The second kappa shape index (κ2) is 11.6. The van der Waals surface area contributed by atoms with E-state index in [-0.39, 0.29) is 6.85 Å². The van der Waals surface area contributed by atoms with E-state index in [1.165, 1.54) is 110 Å². The van der Waals surface area contributed by atoms with Crippen LogP contribution in [-0.2, 0) is 0 Å². The SMILES string of the molecule is c1ccc(-c2cc(-c3ccccc3)cc(N3c4cc5cc6ccccc6cc5cc4B4c5c3cc3ccccc3c5-c3cccc5c6ccccc6n4c35)c2)cc1. The van der Waals surface area contributed by atoms with Crippen molar-refractivity contribution in [1.29, 1.82) is 0 Å². The molecule has 1 aromatic heterocycles. The number of rotatable bonds is 3. The quantitative estimate of drug-likeness (QED) is 0.130. The average Bonchev–Trinajstić information content (AvgIpc) is 3.61. The second-order valence-corrected chi connectivity index (χ2v) is 15.7. The third-order valence-electron chi connectivity index (χ3n) is 12.6. The van der Waals surface area contributed by atoms with Gasteiger partial charge in [0.05, 0.1) is 0 Å². The van der Waals surface area contributed by atoms with Crippen LogP contribution in [0, 0.1) is 0 Å². The largest absolute Gasteiger partial charge is 0.375 e. The Balaban J connectivity index is 1.21. The monoisotopic (exact) mass is 720 g/mol. The van der Waals surface area contributed by atoms with Crippen LogP contribution < -0.4 is 15.8 Å². The zero-order valence-electron chi connectivity index (χ0n) is 31.0. The van der Waals surface area contributed by atoms with Gasteiger partial charge in [-0.2, -0.15) is 0 Å². The fourth-order valence-electron chi connectivity index (χ4n) is 10.2. The maximum absolute atomic E-state index is 2.67. The van der Waals surface area contributed by atoms with Crippen LogP contribution in [0.4, 0.5) is 17.1 Å². The van der Waals surface area contributed by atoms with E-state index in [2.05, 4.69) is 210 Å². The van der Waals surface area contributed by atoms with Crippen LogP contribution in [0.15, 0.2) is 200 Å². The number of benzene rings is 10. The summed E-state index contributed by atoms with van der Waals surface area (Å²) < 4.78 is 2.67. The first-order chi connectivity index (χ1) is 28.3. The lowest BCUT2D eigenvalue weighted by Crippen LogP contribution is -2.56. The van der Waals surface area contributed by atoms with Gasteiger partial charge in [-0.15, -0.1) is 0 Å². The predicted molar refractivity (Wildman–Crippen MR) is 243 cm³/mol. The zero-order valence-corrected chi connectivity index (χ0v) is 31.0. The summed E-state index contributed by atoms with van der Waals surface area (Å²) in [6.45, 7) is -0.0371. The molecule has 262 valence electrons. The minimum absolute atomic E-state index is 0.0371. The molecule has 11 aromatic rings. The maximum atomic E-state index is 2.67. The van der Waals surface area contributed by atoms with Gasteiger partial charge < -0.3 is 9.38 Å². The zero-order chi connectivity index (χ0) is 37.2. The third-order valence-corrected chi connectivity index (χ3v) is 12.6. The third kappa shape index (κ3) is 4.37. The van der Waals surface area contributed by atoms with Gasteiger partial charge in [0, 0.05) is 44.4 Å². The molecule has 3 heteroatoms. The molecular formula is C54H33BN2. The van der Waals surface area contributed by atoms with Gasteiger partial charge in [-0.05, 0) is 120 Å². The number of anilines is 3. The summed E-state index contributed by atoms with van der Waals surface area (Å²) >= 11 is 0. The standard InChI is InChI=1S/C54H33BN2/c1-3-14-34(15-4-1)39-28-40(35-16-5-2-6-17-35)30-43(29-39)56-50-33-42-27-37-19-8-7-18-36(37)26-41(42)31-48(50)55-53-51(56)32-38-20-9-10-21-44(38)52(53)47-24-13-23-46-45-22-11-12-25-49(45)57(55)54(46)47/h1-33H. The van der Waals surface area contributed by atoms with E-state index in [0.717, 1.165) is 5.69 Å². The molecule has 10 aromatic carbocycles. The van der Waals surface area contributed by atoms with Gasteiger partial charge in [-0.25, -0.2) is 0 Å². The molecule has 0 aliphatic carbocycles. The molecule has 0 atom stereocenters. The summed E-state index contributed by atoms with van der Waals surface area (Å²) in [7, 11) is 0. The summed E-state index contributed by atoms with van der Waals surface area (Å²) in [5, 5.41) is 10.2. The normalized spacial score (nSPS) is 12.8. The van der Waals surface area contributed by atoms with Crippen molar-refractivity contribution < 1.29 is 0 Å². The summed E-state index contributed by atoms with van der Waals surface area (Å²) in [5.41, 5.74) is 16.3. The molecule has 0 saturated carbocycles. The molecule has 0 bridgehead atoms. The Morgan fingerprint density at radius 1 is 0.368 bits per heavy atom. The highest BCUT2D eigenvalue weighted by molar-refractivity contribution is 6.90. The minimum Gasteiger partial charge on any atom is -0.375 e. The Morgan fingerprint density at radius 2 is 0.947 bits per heavy atom. The molecule has 0 unspecified atom stereocenters. The molecule has 0 spiro atoms. The van der Waals surface area contributed by atoms with Gasteiger partial charge in [-0.1, -0.05) is 152 Å². The first kappa shape index (κ1) is 30.9. The van der Waals surface area contributed by atoms with E-state index < -0.39 is 0 Å². The van der Waals surface area contributed by atoms with Crippen molar-refractivity contribution in [2.24, 2.45) is 0 Å². The van der Waals surface area contributed by atoms with E-state index in [0.29, 0.717) is 0 Å². The molecule has 2 aliphatic rings. The summed E-state index contributed by atoms with van der Waals surface area (Å²) in [5.74, 6) is 0. The molecule has 57 heavy (non-hydrogen) atoms. The van der Waals surface area contributed by atoms with E-state index in [9.17, 15) is 0 Å². The van der Waals surface area contributed by atoms with Gasteiger partial charge in [0.1, 0.15) is 0 Å². The number of nitrogens with zero attached hydrogens (tertiary/aromatic N) is 2. The van der Waals surface area contributed by atoms with Gasteiger partial charge >= 0.3 is 6.85 Å². The van der Waals surface area contributed by atoms with Crippen LogP contribution in [0.2, 0.25) is 0 Å². The lowest BCUT2D eigenvalue weighted by Gasteiger charge is -2.41. The smallest absolute Gasteiger partial charge is 0.333 e. The molecule has 0 radical (unpaired) electrons. The van der Waals surface area contributed by atoms with Crippen LogP contribution in [0.5, 0.6) is 0 Å². The maximum Gasteiger partial charge on any atom is 0.333 e. The van der Waals surface area contributed by atoms with Crippen LogP contribution in [0.3, 0.4) is 0 Å². The lowest BCUT2D eigenvalue weighted by atomic mass is 9.44. The van der Waals surface area contributed by atoms with Gasteiger partial charge in [-0.3, -0.25) is 0 Å². The van der Waals surface area contributed by atoms with Crippen molar-refractivity contribution in [3.05, 3.63) is 200 Å². The van der Waals surface area contributed by atoms with Crippen LogP contribution in [0.1, 0.15) is 0 Å². The van der Waals surface area contributed by atoms with Gasteiger partial charge in [0.25, 0.3) is 0 Å². The molecule has 0 fully saturated rings. The highest BCUT2D eigenvalue weighted by atomic mass is 15.2. The molecular weight excluding hydrogens is 687 g/mol. The predicted octanol–water partition coefficient (Wildman–Crippen LogP) is 13.0. The van der Waals surface area contributed by atoms with Crippen molar-refractivity contribution in [3.63, 3.8) is 0 Å². The van der Waals surface area contributed by atoms with Gasteiger partial charge in [0.15, 0.2) is 0 Å².